The molecule has 3 heterocycles. The summed E-state index contributed by atoms with van der Waals surface area (Å²) in [7, 11) is 1.94. The van der Waals surface area contributed by atoms with Crippen molar-refractivity contribution in [3.63, 3.8) is 0 Å². The van der Waals surface area contributed by atoms with Crippen LogP contribution in [0, 0.1) is 0 Å². The SMILES string of the molecule is CC(C)c1ccccc1-c1ncc2c(n1)c(Cc1ccc(-n3ccnn3)cc1)nn2C. The smallest absolute Gasteiger partial charge is 0.160 e. The van der Waals surface area contributed by atoms with Gasteiger partial charge in [0.05, 0.1) is 30.0 Å². The van der Waals surface area contributed by atoms with Gasteiger partial charge in [0.25, 0.3) is 0 Å². The maximum Gasteiger partial charge on any atom is 0.160 e. The van der Waals surface area contributed by atoms with Crippen molar-refractivity contribution in [3.8, 4) is 17.1 Å². The first-order valence-corrected chi connectivity index (χ1v) is 10.3. The number of rotatable bonds is 5. The third-order valence-corrected chi connectivity index (χ3v) is 5.48. The van der Waals surface area contributed by atoms with E-state index in [2.05, 4.69) is 59.5 Å². The fourth-order valence-corrected chi connectivity index (χ4v) is 3.87. The number of aryl methyl sites for hydroxylation is 1. The van der Waals surface area contributed by atoms with E-state index >= 15 is 0 Å². The van der Waals surface area contributed by atoms with Crippen LogP contribution in [0.5, 0.6) is 0 Å². The molecule has 0 saturated heterocycles. The second kappa shape index (κ2) is 7.75. The lowest BCUT2D eigenvalue weighted by Crippen LogP contribution is -1.98. The van der Waals surface area contributed by atoms with Gasteiger partial charge in [-0.1, -0.05) is 55.5 Å². The van der Waals surface area contributed by atoms with Crippen molar-refractivity contribution in [2.45, 2.75) is 26.2 Å². The molecule has 2 aromatic carbocycles. The molecule has 5 rings (SSSR count). The first-order valence-electron chi connectivity index (χ1n) is 10.3. The Hall–Kier alpha value is -3.87. The lowest BCUT2D eigenvalue weighted by Gasteiger charge is -2.11. The van der Waals surface area contributed by atoms with E-state index < -0.39 is 0 Å². The molecule has 0 spiro atoms. The summed E-state index contributed by atoms with van der Waals surface area (Å²) in [6.07, 6.45) is 6.06. The summed E-state index contributed by atoms with van der Waals surface area (Å²) in [4.78, 5) is 9.60. The van der Waals surface area contributed by atoms with E-state index in [1.165, 1.54) is 5.56 Å². The number of hydrogen-bond acceptors (Lipinski definition) is 5. The van der Waals surface area contributed by atoms with Gasteiger partial charge in [0.2, 0.25) is 0 Å². The normalized spacial score (nSPS) is 11.5. The number of aromatic nitrogens is 7. The van der Waals surface area contributed by atoms with Gasteiger partial charge in [-0.2, -0.15) is 5.10 Å². The van der Waals surface area contributed by atoms with Crippen LogP contribution in [-0.4, -0.2) is 34.7 Å². The lowest BCUT2D eigenvalue weighted by molar-refractivity contribution is 0.772. The van der Waals surface area contributed by atoms with Gasteiger partial charge in [-0.3, -0.25) is 4.68 Å². The minimum atomic E-state index is 0.396. The van der Waals surface area contributed by atoms with Gasteiger partial charge >= 0.3 is 0 Å². The molecule has 7 heteroatoms. The largest absolute Gasteiger partial charge is 0.264 e. The van der Waals surface area contributed by atoms with E-state index in [1.54, 1.807) is 10.9 Å². The second-order valence-corrected chi connectivity index (χ2v) is 7.93. The van der Waals surface area contributed by atoms with Crippen molar-refractivity contribution < 1.29 is 0 Å². The van der Waals surface area contributed by atoms with Gasteiger partial charge < -0.3 is 0 Å². The van der Waals surface area contributed by atoms with Crippen LogP contribution in [0.25, 0.3) is 28.1 Å². The molecule has 31 heavy (non-hydrogen) atoms. The standard InChI is InChI=1S/C24H23N7/c1-16(2)19-6-4-5-7-20(19)24-25-15-22-23(27-24)21(28-30(22)3)14-17-8-10-18(11-9-17)31-13-12-26-29-31/h4-13,15-16H,14H2,1-3H3. The minimum Gasteiger partial charge on any atom is -0.264 e. The summed E-state index contributed by atoms with van der Waals surface area (Å²) in [5.41, 5.74) is 7.22. The van der Waals surface area contributed by atoms with Gasteiger partial charge in [0.15, 0.2) is 5.82 Å². The Morgan fingerprint density at radius 1 is 1.00 bits per heavy atom. The third kappa shape index (κ3) is 3.59. The first kappa shape index (κ1) is 19.1. The lowest BCUT2D eigenvalue weighted by atomic mass is 9.97. The van der Waals surface area contributed by atoms with Gasteiger partial charge in [-0.05, 0) is 29.2 Å². The fraction of sp³-hybridized carbons (Fsp3) is 0.208. The minimum absolute atomic E-state index is 0.396. The molecule has 0 atom stereocenters. The van der Waals surface area contributed by atoms with E-state index in [0.29, 0.717) is 12.3 Å². The van der Waals surface area contributed by atoms with E-state index in [0.717, 1.165) is 39.4 Å². The first-order chi connectivity index (χ1) is 15.1. The Bertz CT molecular complexity index is 1330. The monoisotopic (exact) mass is 409 g/mol. The van der Waals surface area contributed by atoms with Crippen LogP contribution in [0.1, 0.15) is 36.6 Å². The number of nitrogens with zero attached hydrogens (tertiary/aromatic N) is 7. The van der Waals surface area contributed by atoms with Crippen LogP contribution < -0.4 is 0 Å². The third-order valence-electron chi connectivity index (χ3n) is 5.48. The van der Waals surface area contributed by atoms with E-state index in [-0.39, 0.29) is 0 Å². The maximum atomic E-state index is 4.95. The number of fused-ring (bicyclic) bond motifs is 1. The highest BCUT2D eigenvalue weighted by Gasteiger charge is 2.16. The van der Waals surface area contributed by atoms with Gasteiger partial charge in [0.1, 0.15) is 11.0 Å². The highest BCUT2D eigenvalue weighted by atomic mass is 15.4. The van der Waals surface area contributed by atoms with Crippen molar-refractivity contribution in [3.05, 3.63) is 83.9 Å². The molecule has 0 aliphatic carbocycles. The predicted molar refractivity (Wildman–Crippen MR) is 120 cm³/mol. The molecule has 0 N–H and O–H groups in total. The molecule has 154 valence electrons. The van der Waals surface area contributed by atoms with Crippen LogP contribution in [-0.2, 0) is 13.5 Å². The zero-order valence-corrected chi connectivity index (χ0v) is 17.8. The Morgan fingerprint density at radius 3 is 2.55 bits per heavy atom. The quantitative estimate of drug-likeness (QED) is 0.432. The van der Waals surface area contributed by atoms with Gasteiger partial charge in [-0.15, -0.1) is 5.10 Å². The average molecular weight is 409 g/mol. The molecular weight excluding hydrogens is 386 g/mol. The molecule has 0 fully saturated rings. The Kier molecular flexibility index (Phi) is 4.78. The van der Waals surface area contributed by atoms with Gasteiger partial charge in [-0.25, -0.2) is 14.6 Å². The molecular formula is C24H23N7. The van der Waals surface area contributed by atoms with Crippen molar-refractivity contribution in [1.82, 2.24) is 34.7 Å². The Balaban J connectivity index is 1.52. The molecule has 5 aromatic rings. The molecule has 7 nitrogen and oxygen atoms in total. The molecule has 0 saturated carbocycles. The van der Waals surface area contributed by atoms with Crippen LogP contribution >= 0.6 is 0 Å². The van der Waals surface area contributed by atoms with Crippen LogP contribution in [0.15, 0.2) is 67.1 Å². The average Bonchev–Trinajstić information content (AvgIpc) is 3.43. The molecule has 0 aliphatic heterocycles. The van der Waals surface area contributed by atoms with Crippen LogP contribution in [0.3, 0.4) is 0 Å². The predicted octanol–water partition coefficient (Wildman–Crippen LogP) is 4.33. The highest BCUT2D eigenvalue weighted by molar-refractivity contribution is 5.79. The summed E-state index contributed by atoms with van der Waals surface area (Å²) in [5.74, 6) is 1.14. The van der Waals surface area contributed by atoms with Crippen LogP contribution in [0.2, 0.25) is 0 Å². The summed E-state index contributed by atoms with van der Waals surface area (Å²) < 4.78 is 3.60. The highest BCUT2D eigenvalue weighted by Crippen LogP contribution is 2.28. The van der Waals surface area contributed by atoms with Crippen molar-refractivity contribution in [2.75, 3.05) is 0 Å². The molecule has 0 unspecified atom stereocenters. The molecule has 0 bridgehead atoms. The van der Waals surface area contributed by atoms with Gasteiger partial charge in [0, 0.05) is 19.0 Å². The van der Waals surface area contributed by atoms with Crippen molar-refractivity contribution >= 4 is 11.0 Å². The Morgan fingerprint density at radius 2 is 1.81 bits per heavy atom. The zero-order valence-electron chi connectivity index (χ0n) is 17.8. The molecule has 0 aliphatic rings. The van der Waals surface area contributed by atoms with Crippen LogP contribution in [0.4, 0.5) is 0 Å². The summed E-state index contributed by atoms with van der Waals surface area (Å²) >= 11 is 0. The summed E-state index contributed by atoms with van der Waals surface area (Å²) in [6, 6.07) is 16.6. The second-order valence-electron chi connectivity index (χ2n) is 7.93. The molecule has 3 aromatic heterocycles. The fourth-order valence-electron chi connectivity index (χ4n) is 3.87. The van der Waals surface area contributed by atoms with E-state index in [1.807, 2.05) is 42.3 Å². The number of benzene rings is 2. The summed E-state index contributed by atoms with van der Waals surface area (Å²) in [5, 5.41) is 12.6. The topological polar surface area (TPSA) is 74.3 Å². The Labute approximate surface area is 180 Å². The van der Waals surface area contributed by atoms with E-state index in [9.17, 15) is 0 Å². The zero-order chi connectivity index (χ0) is 21.4. The van der Waals surface area contributed by atoms with Crippen molar-refractivity contribution in [2.24, 2.45) is 7.05 Å². The molecule has 0 radical (unpaired) electrons. The van der Waals surface area contributed by atoms with E-state index in [4.69, 9.17) is 10.1 Å². The molecule has 0 amide bonds. The maximum absolute atomic E-state index is 4.95. The summed E-state index contributed by atoms with van der Waals surface area (Å²) in [6.45, 7) is 4.38. The number of hydrogen-bond donors (Lipinski definition) is 0. The van der Waals surface area contributed by atoms with Crippen molar-refractivity contribution in [1.29, 1.82) is 0 Å².